The first-order chi connectivity index (χ1) is 16.5. The number of halogens is 1. The van der Waals surface area contributed by atoms with Gasteiger partial charge in [-0.3, -0.25) is 10.1 Å². The van der Waals surface area contributed by atoms with Gasteiger partial charge in [-0.25, -0.2) is 9.98 Å². The quantitative estimate of drug-likeness (QED) is 0.341. The van der Waals surface area contributed by atoms with Crippen molar-refractivity contribution in [3.05, 3.63) is 88.4 Å². The molecular formula is C26H22BrN5O2. The predicted molar refractivity (Wildman–Crippen MR) is 138 cm³/mol. The molecule has 2 unspecified atom stereocenters. The lowest BCUT2D eigenvalue weighted by Gasteiger charge is -2.28. The third kappa shape index (κ3) is 4.36. The van der Waals surface area contributed by atoms with Crippen molar-refractivity contribution in [2.24, 2.45) is 15.9 Å². The second-order valence-corrected chi connectivity index (χ2v) is 8.92. The zero-order chi connectivity index (χ0) is 23.7. The van der Waals surface area contributed by atoms with E-state index in [1.54, 1.807) is 0 Å². The number of hydrogen-bond donors (Lipinski definition) is 2. The van der Waals surface area contributed by atoms with Crippen molar-refractivity contribution in [3.8, 4) is 0 Å². The summed E-state index contributed by atoms with van der Waals surface area (Å²) in [4.78, 5) is 27.4. The number of carbonyl (C=O) groups is 1. The van der Waals surface area contributed by atoms with Crippen LogP contribution in [-0.2, 0) is 4.79 Å². The number of nitrogens with one attached hydrogen (secondary N) is 2. The van der Waals surface area contributed by atoms with Crippen molar-refractivity contribution in [1.82, 2.24) is 4.98 Å². The minimum Gasteiger partial charge on any atom is -0.423 e. The fourth-order valence-electron chi connectivity index (χ4n) is 4.00. The maximum Gasteiger partial charge on any atom is 0.302 e. The zero-order valence-corrected chi connectivity index (χ0v) is 20.2. The molecule has 0 aliphatic carbocycles. The summed E-state index contributed by atoms with van der Waals surface area (Å²) in [6.45, 7) is 3.80. The zero-order valence-electron chi connectivity index (χ0n) is 18.6. The molecule has 2 N–H and O–H groups in total. The fourth-order valence-corrected chi connectivity index (χ4v) is 4.52. The van der Waals surface area contributed by atoms with E-state index in [2.05, 4.69) is 36.5 Å². The molecular weight excluding hydrogens is 494 g/mol. The molecule has 4 aromatic rings. The third-order valence-corrected chi connectivity index (χ3v) is 6.45. The molecule has 2 atom stereocenters. The summed E-state index contributed by atoms with van der Waals surface area (Å²) in [5.74, 6) is -0.418. The topological polar surface area (TPSA) is 91.9 Å². The van der Waals surface area contributed by atoms with Crippen molar-refractivity contribution >= 4 is 56.3 Å². The van der Waals surface area contributed by atoms with Gasteiger partial charge in [-0.15, -0.1) is 0 Å². The molecule has 1 aromatic heterocycles. The highest BCUT2D eigenvalue weighted by Gasteiger charge is 2.36. The minimum absolute atomic E-state index is 0.166. The summed E-state index contributed by atoms with van der Waals surface area (Å²) in [5, 5.41) is 6.13. The van der Waals surface area contributed by atoms with E-state index in [1.165, 1.54) is 0 Å². The van der Waals surface area contributed by atoms with Crippen molar-refractivity contribution < 1.29 is 9.21 Å². The van der Waals surface area contributed by atoms with Gasteiger partial charge in [0.2, 0.25) is 11.9 Å². The van der Waals surface area contributed by atoms with Crippen molar-refractivity contribution in [2.45, 2.75) is 19.9 Å². The number of carbonyl (C=O) groups excluding carboxylic acids is 1. The number of hydrogen-bond acceptors (Lipinski definition) is 6. The molecule has 0 bridgehead atoms. The summed E-state index contributed by atoms with van der Waals surface area (Å²) in [5.41, 5.74) is 4.69. The van der Waals surface area contributed by atoms with Gasteiger partial charge in [0, 0.05) is 15.9 Å². The Morgan fingerprint density at radius 3 is 2.50 bits per heavy atom. The lowest BCUT2D eigenvalue weighted by atomic mass is 9.88. The highest BCUT2D eigenvalue weighted by Crippen LogP contribution is 2.36. The lowest BCUT2D eigenvalue weighted by molar-refractivity contribution is -0.118. The Labute approximate surface area is 205 Å². The van der Waals surface area contributed by atoms with Crippen LogP contribution in [0.1, 0.15) is 24.1 Å². The van der Waals surface area contributed by atoms with Gasteiger partial charge in [0.15, 0.2) is 5.58 Å². The van der Waals surface area contributed by atoms with Crippen LogP contribution in [0.4, 0.5) is 11.7 Å². The molecule has 1 aliphatic rings. The third-order valence-electron chi connectivity index (χ3n) is 5.73. The Bertz CT molecular complexity index is 1410. The summed E-state index contributed by atoms with van der Waals surface area (Å²) in [6, 6.07) is 22.8. The van der Waals surface area contributed by atoms with Gasteiger partial charge in [-0.2, -0.15) is 4.98 Å². The molecule has 0 fully saturated rings. The monoisotopic (exact) mass is 515 g/mol. The summed E-state index contributed by atoms with van der Waals surface area (Å²) in [6.07, 6.45) is 0. The second kappa shape index (κ2) is 9.23. The van der Waals surface area contributed by atoms with Crippen LogP contribution >= 0.6 is 15.9 Å². The van der Waals surface area contributed by atoms with Crippen LogP contribution in [0, 0.1) is 12.8 Å². The summed E-state index contributed by atoms with van der Waals surface area (Å²) >= 11 is 3.62. The largest absolute Gasteiger partial charge is 0.423 e. The van der Waals surface area contributed by atoms with Gasteiger partial charge in [0.05, 0.1) is 6.04 Å². The van der Waals surface area contributed by atoms with E-state index in [0.717, 1.165) is 26.8 Å². The Morgan fingerprint density at radius 2 is 1.71 bits per heavy atom. The SMILES string of the molecule is CC1=NC(Nc2nc3ccccc3o2)=NC(c2ccccc2Br)C1C(=O)Nc1ccccc1C. The van der Waals surface area contributed by atoms with Crippen molar-refractivity contribution in [1.29, 1.82) is 0 Å². The van der Waals surface area contributed by atoms with Crippen LogP contribution < -0.4 is 10.6 Å². The molecule has 3 aromatic carbocycles. The van der Waals surface area contributed by atoms with Crippen molar-refractivity contribution in [3.63, 3.8) is 0 Å². The van der Waals surface area contributed by atoms with Crippen LogP contribution in [0.2, 0.25) is 0 Å². The van der Waals surface area contributed by atoms with E-state index in [0.29, 0.717) is 23.3 Å². The molecule has 34 heavy (non-hydrogen) atoms. The van der Waals surface area contributed by atoms with E-state index in [-0.39, 0.29) is 5.91 Å². The molecule has 8 heteroatoms. The standard InChI is InChI=1S/C26H22BrN5O2/c1-15-9-3-6-12-19(15)29-24(33)22-16(2)28-25(31-23(22)17-10-4-5-11-18(17)27)32-26-30-20-13-7-8-14-21(20)34-26/h3-14,22-23H,1-2H3,(H,29,33)(H,30,31,32). The smallest absolute Gasteiger partial charge is 0.302 e. The van der Waals surface area contributed by atoms with Crippen LogP contribution in [0.25, 0.3) is 11.1 Å². The maximum absolute atomic E-state index is 13.5. The van der Waals surface area contributed by atoms with E-state index < -0.39 is 12.0 Å². The summed E-state index contributed by atoms with van der Waals surface area (Å²) < 4.78 is 6.65. The Morgan fingerprint density at radius 1 is 0.971 bits per heavy atom. The fraction of sp³-hybridized carbons (Fsp3) is 0.154. The number of nitrogens with zero attached hydrogens (tertiary/aromatic N) is 3. The number of fused-ring (bicyclic) bond motifs is 1. The van der Waals surface area contributed by atoms with Crippen LogP contribution in [0.3, 0.4) is 0 Å². The van der Waals surface area contributed by atoms with Gasteiger partial charge in [-0.1, -0.05) is 64.5 Å². The predicted octanol–water partition coefficient (Wildman–Crippen LogP) is 6.14. The molecule has 170 valence electrons. The Kier molecular flexibility index (Phi) is 5.98. The van der Waals surface area contributed by atoms with Gasteiger partial charge in [-0.05, 0) is 49.2 Å². The van der Waals surface area contributed by atoms with Crippen LogP contribution in [0.5, 0.6) is 0 Å². The number of rotatable bonds is 4. The number of aromatic nitrogens is 1. The first-order valence-electron chi connectivity index (χ1n) is 10.9. The van der Waals surface area contributed by atoms with Gasteiger partial charge < -0.3 is 9.73 Å². The van der Waals surface area contributed by atoms with Crippen molar-refractivity contribution in [2.75, 3.05) is 10.6 Å². The first kappa shape index (κ1) is 22.0. The van der Waals surface area contributed by atoms with E-state index >= 15 is 0 Å². The average molecular weight is 516 g/mol. The van der Waals surface area contributed by atoms with E-state index in [1.807, 2.05) is 86.6 Å². The Balaban J connectivity index is 1.50. The van der Waals surface area contributed by atoms with Gasteiger partial charge in [0.1, 0.15) is 11.4 Å². The molecule has 1 aliphatic heterocycles. The number of benzene rings is 3. The van der Waals surface area contributed by atoms with E-state index in [4.69, 9.17) is 9.41 Å². The normalized spacial score (nSPS) is 17.7. The van der Waals surface area contributed by atoms with Crippen LogP contribution in [0.15, 0.2) is 91.7 Å². The maximum atomic E-state index is 13.5. The number of para-hydroxylation sites is 3. The lowest BCUT2D eigenvalue weighted by Crippen LogP contribution is -2.37. The average Bonchev–Trinajstić information content (AvgIpc) is 3.22. The molecule has 0 saturated heterocycles. The number of amides is 1. The molecule has 1 amide bonds. The molecule has 7 nitrogen and oxygen atoms in total. The first-order valence-corrected chi connectivity index (χ1v) is 11.7. The van der Waals surface area contributed by atoms with Crippen LogP contribution in [-0.4, -0.2) is 22.6 Å². The highest BCUT2D eigenvalue weighted by molar-refractivity contribution is 9.10. The Hall–Kier alpha value is -3.78. The summed E-state index contributed by atoms with van der Waals surface area (Å²) in [7, 11) is 0. The van der Waals surface area contributed by atoms with Gasteiger partial charge in [0.25, 0.3) is 0 Å². The molecule has 2 heterocycles. The number of aliphatic imine (C=N–C) groups is 2. The molecule has 0 radical (unpaired) electrons. The molecule has 0 saturated carbocycles. The van der Waals surface area contributed by atoms with E-state index in [9.17, 15) is 4.79 Å². The minimum atomic E-state index is -0.590. The number of oxazole rings is 1. The number of aryl methyl sites for hydroxylation is 1. The second-order valence-electron chi connectivity index (χ2n) is 8.07. The number of guanidine groups is 1. The highest BCUT2D eigenvalue weighted by atomic mass is 79.9. The van der Waals surface area contributed by atoms with Gasteiger partial charge >= 0.3 is 6.01 Å². The molecule has 0 spiro atoms. The molecule has 5 rings (SSSR count). The number of anilines is 2.